The molecule has 0 unspecified atom stereocenters. The lowest BCUT2D eigenvalue weighted by Gasteiger charge is -2.11. The molecule has 1 rings (SSSR count). The van der Waals surface area contributed by atoms with Gasteiger partial charge in [0.2, 0.25) is 0 Å². The van der Waals surface area contributed by atoms with Crippen LogP contribution in [-0.2, 0) is 11.3 Å². The van der Waals surface area contributed by atoms with Gasteiger partial charge in [-0.3, -0.25) is 0 Å². The number of aromatic hydroxyl groups is 1. The second-order valence-corrected chi connectivity index (χ2v) is 4.12. The van der Waals surface area contributed by atoms with Gasteiger partial charge in [-0.05, 0) is 24.6 Å². The van der Waals surface area contributed by atoms with Crippen LogP contribution in [-0.4, -0.2) is 45.0 Å². The van der Waals surface area contributed by atoms with Crippen molar-refractivity contribution in [3.8, 4) is 11.5 Å². The molecule has 6 heteroatoms. The number of guanidine groups is 1. The zero-order valence-electron chi connectivity index (χ0n) is 12.3. The zero-order valence-corrected chi connectivity index (χ0v) is 12.3. The number of nitrogens with one attached hydrogen (secondary N) is 2. The fourth-order valence-corrected chi connectivity index (χ4v) is 1.62. The maximum atomic E-state index is 9.71. The summed E-state index contributed by atoms with van der Waals surface area (Å²) < 4.78 is 9.99. The number of ether oxygens (including phenoxy) is 2. The molecule has 0 saturated heterocycles. The number of benzene rings is 1. The van der Waals surface area contributed by atoms with E-state index in [1.807, 2.05) is 13.0 Å². The van der Waals surface area contributed by atoms with E-state index in [0.29, 0.717) is 25.4 Å². The Morgan fingerprint density at radius 2 is 2.10 bits per heavy atom. The van der Waals surface area contributed by atoms with E-state index >= 15 is 0 Å². The number of rotatable bonds is 7. The third-order valence-corrected chi connectivity index (χ3v) is 2.61. The predicted molar refractivity (Wildman–Crippen MR) is 79.4 cm³/mol. The summed E-state index contributed by atoms with van der Waals surface area (Å²) in [6, 6.07) is 5.26. The molecule has 0 aliphatic carbocycles. The third kappa shape index (κ3) is 5.36. The summed E-state index contributed by atoms with van der Waals surface area (Å²) in [7, 11) is 3.18. The van der Waals surface area contributed by atoms with Crippen molar-refractivity contribution in [2.75, 3.05) is 33.9 Å². The van der Waals surface area contributed by atoms with Crippen LogP contribution in [0.25, 0.3) is 0 Å². The predicted octanol–water partition coefficient (Wildman–Crippen LogP) is 1.10. The van der Waals surface area contributed by atoms with Gasteiger partial charge >= 0.3 is 0 Å². The van der Waals surface area contributed by atoms with Crippen LogP contribution in [0.1, 0.15) is 12.5 Å². The molecule has 0 aliphatic rings. The topological polar surface area (TPSA) is 75.1 Å². The smallest absolute Gasteiger partial charge is 0.191 e. The van der Waals surface area contributed by atoms with E-state index in [0.717, 1.165) is 18.1 Å². The maximum Gasteiger partial charge on any atom is 0.191 e. The number of aliphatic imine (C=N–C) groups is 1. The van der Waals surface area contributed by atoms with Gasteiger partial charge in [0.05, 0.1) is 20.3 Å². The van der Waals surface area contributed by atoms with Crippen molar-refractivity contribution in [2.45, 2.75) is 13.5 Å². The van der Waals surface area contributed by atoms with E-state index in [2.05, 4.69) is 15.6 Å². The van der Waals surface area contributed by atoms with Gasteiger partial charge in [-0.2, -0.15) is 0 Å². The molecule has 0 fully saturated rings. The Bertz CT molecular complexity index is 436. The largest absolute Gasteiger partial charge is 0.504 e. The van der Waals surface area contributed by atoms with E-state index < -0.39 is 0 Å². The molecule has 112 valence electrons. The number of hydrogen-bond donors (Lipinski definition) is 3. The Morgan fingerprint density at radius 3 is 2.70 bits per heavy atom. The van der Waals surface area contributed by atoms with Crippen LogP contribution in [0.3, 0.4) is 0 Å². The maximum absolute atomic E-state index is 9.71. The van der Waals surface area contributed by atoms with E-state index in [1.54, 1.807) is 19.2 Å². The molecule has 0 atom stereocenters. The molecule has 3 N–H and O–H groups in total. The first-order valence-corrected chi connectivity index (χ1v) is 6.58. The van der Waals surface area contributed by atoms with Crippen LogP contribution >= 0.6 is 0 Å². The zero-order chi connectivity index (χ0) is 14.8. The second-order valence-electron chi connectivity index (χ2n) is 4.12. The van der Waals surface area contributed by atoms with Crippen LogP contribution in [0.5, 0.6) is 11.5 Å². The summed E-state index contributed by atoms with van der Waals surface area (Å²) >= 11 is 0. The number of phenolic OH excluding ortho intramolecular Hbond substituents is 1. The quantitative estimate of drug-likeness (QED) is 0.396. The molecule has 0 spiro atoms. The van der Waals surface area contributed by atoms with E-state index in [1.165, 1.54) is 7.11 Å². The molecule has 0 aromatic heterocycles. The van der Waals surface area contributed by atoms with Gasteiger partial charge in [0.1, 0.15) is 0 Å². The van der Waals surface area contributed by atoms with Crippen molar-refractivity contribution in [3.05, 3.63) is 23.8 Å². The normalized spacial score (nSPS) is 11.2. The molecular weight excluding hydrogens is 258 g/mol. The minimum absolute atomic E-state index is 0.123. The lowest BCUT2D eigenvalue weighted by Crippen LogP contribution is -2.38. The molecule has 0 saturated carbocycles. The van der Waals surface area contributed by atoms with E-state index in [4.69, 9.17) is 9.47 Å². The molecule has 20 heavy (non-hydrogen) atoms. The average Bonchev–Trinajstić information content (AvgIpc) is 2.45. The van der Waals surface area contributed by atoms with Crippen LogP contribution in [0.4, 0.5) is 0 Å². The second kappa shape index (κ2) is 9.03. The lowest BCUT2D eigenvalue weighted by atomic mass is 10.2. The van der Waals surface area contributed by atoms with Gasteiger partial charge in [0.25, 0.3) is 0 Å². The summed E-state index contributed by atoms with van der Waals surface area (Å²) in [5.74, 6) is 1.31. The van der Waals surface area contributed by atoms with Crippen molar-refractivity contribution in [3.63, 3.8) is 0 Å². The minimum Gasteiger partial charge on any atom is -0.504 e. The first-order valence-electron chi connectivity index (χ1n) is 6.58. The van der Waals surface area contributed by atoms with Crippen LogP contribution < -0.4 is 15.4 Å². The highest BCUT2D eigenvalue weighted by Crippen LogP contribution is 2.26. The highest BCUT2D eigenvalue weighted by atomic mass is 16.5. The molecule has 1 aromatic rings. The van der Waals surface area contributed by atoms with Gasteiger partial charge in [-0.15, -0.1) is 0 Å². The SMILES string of the molecule is CCNC(=NCc1ccc(OC)c(O)c1)NCCOC. The fraction of sp³-hybridized carbons (Fsp3) is 0.500. The van der Waals surface area contributed by atoms with Gasteiger partial charge in [-0.1, -0.05) is 6.07 Å². The van der Waals surface area contributed by atoms with Gasteiger partial charge in [-0.25, -0.2) is 4.99 Å². The highest BCUT2D eigenvalue weighted by Gasteiger charge is 2.02. The summed E-state index contributed by atoms with van der Waals surface area (Å²) in [4.78, 5) is 4.44. The third-order valence-electron chi connectivity index (χ3n) is 2.61. The Kier molecular flexibility index (Phi) is 7.27. The first-order chi connectivity index (χ1) is 9.71. The summed E-state index contributed by atoms with van der Waals surface area (Å²) in [5.41, 5.74) is 0.909. The highest BCUT2D eigenvalue weighted by molar-refractivity contribution is 5.79. The average molecular weight is 281 g/mol. The van der Waals surface area contributed by atoms with E-state index in [9.17, 15) is 5.11 Å². The molecule has 6 nitrogen and oxygen atoms in total. The number of methoxy groups -OCH3 is 2. The van der Waals surface area contributed by atoms with E-state index in [-0.39, 0.29) is 5.75 Å². The Labute approximate surface area is 119 Å². The Balaban J connectivity index is 2.63. The fourth-order valence-electron chi connectivity index (χ4n) is 1.62. The van der Waals surface area contributed by atoms with Crippen LogP contribution in [0.15, 0.2) is 23.2 Å². The van der Waals surface area contributed by atoms with Crippen molar-refractivity contribution in [2.24, 2.45) is 4.99 Å². The van der Waals surface area contributed by atoms with Crippen molar-refractivity contribution in [1.29, 1.82) is 0 Å². The van der Waals surface area contributed by atoms with Crippen molar-refractivity contribution in [1.82, 2.24) is 10.6 Å². The minimum atomic E-state index is 0.123. The standard InChI is InChI=1S/C14H23N3O3/c1-4-15-14(16-7-8-19-2)17-10-11-5-6-13(20-3)12(18)9-11/h5-6,9,18H,4,7-8,10H2,1-3H3,(H2,15,16,17). The molecule has 1 aromatic carbocycles. The Hall–Kier alpha value is -1.95. The van der Waals surface area contributed by atoms with Gasteiger partial charge in [0.15, 0.2) is 17.5 Å². The van der Waals surface area contributed by atoms with Crippen molar-refractivity contribution >= 4 is 5.96 Å². The molecular formula is C14H23N3O3. The molecule has 0 heterocycles. The first kappa shape index (κ1) is 16.1. The summed E-state index contributed by atoms with van der Waals surface area (Å²) in [6.07, 6.45) is 0. The van der Waals surface area contributed by atoms with Crippen LogP contribution in [0.2, 0.25) is 0 Å². The number of nitrogens with zero attached hydrogens (tertiary/aromatic N) is 1. The van der Waals surface area contributed by atoms with Gasteiger partial charge < -0.3 is 25.2 Å². The molecule has 0 radical (unpaired) electrons. The Morgan fingerprint density at radius 1 is 1.30 bits per heavy atom. The van der Waals surface area contributed by atoms with Gasteiger partial charge in [0, 0.05) is 20.2 Å². The molecule has 0 bridgehead atoms. The summed E-state index contributed by atoms with van der Waals surface area (Å²) in [6.45, 7) is 4.57. The summed E-state index contributed by atoms with van der Waals surface area (Å²) in [5, 5.41) is 16.0. The van der Waals surface area contributed by atoms with Crippen LogP contribution in [0, 0.1) is 0 Å². The number of phenols is 1. The lowest BCUT2D eigenvalue weighted by molar-refractivity contribution is 0.203. The molecule has 0 amide bonds. The number of hydrogen-bond acceptors (Lipinski definition) is 4. The van der Waals surface area contributed by atoms with Crippen molar-refractivity contribution < 1.29 is 14.6 Å². The molecule has 0 aliphatic heterocycles. The monoisotopic (exact) mass is 281 g/mol.